The lowest BCUT2D eigenvalue weighted by molar-refractivity contribution is -0.115. The van der Waals surface area contributed by atoms with Crippen LogP contribution in [-0.4, -0.2) is 39.0 Å². The molecule has 0 bridgehead atoms. The third-order valence-electron chi connectivity index (χ3n) is 5.64. The molecule has 0 aliphatic heterocycles. The van der Waals surface area contributed by atoms with Gasteiger partial charge in [-0.1, -0.05) is 24.3 Å². The van der Waals surface area contributed by atoms with Crippen LogP contribution in [0.3, 0.4) is 0 Å². The summed E-state index contributed by atoms with van der Waals surface area (Å²) in [6.07, 6.45) is 0.487. The van der Waals surface area contributed by atoms with E-state index in [1.54, 1.807) is 57.7 Å². The molecule has 0 fully saturated rings. The summed E-state index contributed by atoms with van der Waals surface area (Å²) < 4.78 is 22.2. The van der Waals surface area contributed by atoms with Crippen molar-refractivity contribution < 1.29 is 28.5 Å². The second kappa shape index (κ2) is 10.3. The molecule has 0 unspecified atom stereocenters. The number of aliphatic imine (C=N–C) groups is 1. The minimum atomic E-state index is -0.626. The van der Waals surface area contributed by atoms with Crippen molar-refractivity contribution in [1.82, 2.24) is 0 Å². The van der Waals surface area contributed by atoms with Gasteiger partial charge in [-0.25, -0.2) is 9.79 Å². The largest absolute Gasteiger partial charge is 0.493 e. The number of amides is 2. The summed E-state index contributed by atoms with van der Waals surface area (Å²) in [4.78, 5) is 28.7. The minimum absolute atomic E-state index is 0.305. The highest BCUT2D eigenvalue weighted by Gasteiger charge is 2.28. The Balaban J connectivity index is 1.82. The van der Waals surface area contributed by atoms with Crippen molar-refractivity contribution in [2.24, 2.45) is 4.99 Å². The van der Waals surface area contributed by atoms with Gasteiger partial charge in [0, 0.05) is 23.7 Å². The summed E-state index contributed by atoms with van der Waals surface area (Å²) in [6.45, 7) is 1.41. The normalized spacial score (nSPS) is 13.2. The third kappa shape index (κ3) is 4.96. The van der Waals surface area contributed by atoms with E-state index in [4.69, 9.17) is 18.9 Å². The zero-order valence-corrected chi connectivity index (χ0v) is 20.0. The number of nitrogens with one attached hydrogen (secondary N) is 1. The molecule has 0 spiro atoms. The van der Waals surface area contributed by atoms with Gasteiger partial charge in [-0.2, -0.15) is 0 Å². The number of methoxy groups -OCH3 is 3. The van der Waals surface area contributed by atoms with Gasteiger partial charge in [0.05, 0.1) is 27.0 Å². The van der Waals surface area contributed by atoms with E-state index in [0.29, 0.717) is 52.8 Å². The van der Waals surface area contributed by atoms with Crippen LogP contribution in [0.4, 0.5) is 10.5 Å². The Morgan fingerprint density at radius 1 is 0.857 bits per heavy atom. The van der Waals surface area contributed by atoms with Crippen molar-refractivity contribution in [1.29, 1.82) is 0 Å². The molecule has 1 aliphatic carbocycles. The molecule has 2 amide bonds. The highest BCUT2D eigenvalue weighted by atomic mass is 16.6. The van der Waals surface area contributed by atoms with Crippen LogP contribution in [0.25, 0.3) is 11.1 Å². The quantitative estimate of drug-likeness (QED) is 0.541. The molecule has 0 heterocycles. The van der Waals surface area contributed by atoms with Crippen molar-refractivity contribution in [2.45, 2.75) is 19.8 Å². The van der Waals surface area contributed by atoms with Gasteiger partial charge in [-0.3, -0.25) is 10.1 Å². The Kier molecular flexibility index (Phi) is 7.01. The number of hydrogen-bond donors (Lipinski definition) is 1. The smallest absolute Gasteiger partial charge is 0.417 e. The van der Waals surface area contributed by atoms with Crippen molar-refractivity contribution >= 4 is 23.4 Å². The maximum absolute atomic E-state index is 12.5. The standard InChI is InChI=1S/C27H26N2O6/c1-16(30)28-22-13-10-17-14-23(32-2)25(33-3)26(34-4)24(17)20-12-11-18(15-21(20)22)29-27(31)35-19-8-6-5-7-9-19/h5-9,11-12,14-15H,10,13H2,1-4H3,(H,29,31). The monoisotopic (exact) mass is 474 g/mol. The molecule has 0 aromatic heterocycles. The molecule has 4 rings (SSSR count). The van der Waals surface area contributed by atoms with Crippen LogP contribution in [0.5, 0.6) is 23.0 Å². The first-order valence-corrected chi connectivity index (χ1v) is 11.0. The minimum Gasteiger partial charge on any atom is -0.493 e. The van der Waals surface area contributed by atoms with E-state index in [1.165, 1.54) is 6.92 Å². The van der Waals surface area contributed by atoms with E-state index in [-0.39, 0.29) is 5.91 Å². The summed E-state index contributed by atoms with van der Waals surface area (Å²) in [7, 11) is 4.70. The molecular weight excluding hydrogens is 448 g/mol. The van der Waals surface area contributed by atoms with E-state index >= 15 is 0 Å². The van der Waals surface area contributed by atoms with Gasteiger partial charge < -0.3 is 18.9 Å². The van der Waals surface area contributed by atoms with E-state index in [1.807, 2.05) is 18.2 Å². The van der Waals surface area contributed by atoms with Crippen LogP contribution in [0, 0.1) is 0 Å². The van der Waals surface area contributed by atoms with Crippen LogP contribution in [0.2, 0.25) is 0 Å². The molecule has 0 saturated heterocycles. The van der Waals surface area contributed by atoms with Crippen molar-refractivity contribution in [3.8, 4) is 34.1 Å². The third-order valence-corrected chi connectivity index (χ3v) is 5.64. The van der Waals surface area contributed by atoms with Gasteiger partial charge in [-0.15, -0.1) is 0 Å². The second-order valence-electron chi connectivity index (χ2n) is 7.84. The van der Waals surface area contributed by atoms with Crippen molar-refractivity contribution in [2.75, 3.05) is 26.6 Å². The second-order valence-corrected chi connectivity index (χ2v) is 7.84. The Labute approximate surface area is 203 Å². The number of fused-ring (bicyclic) bond motifs is 3. The number of para-hydroxylation sites is 1. The Morgan fingerprint density at radius 3 is 2.26 bits per heavy atom. The van der Waals surface area contributed by atoms with Gasteiger partial charge >= 0.3 is 6.09 Å². The van der Waals surface area contributed by atoms with E-state index in [9.17, 15) is 9.59 Å². The fourth-order valence-electron chi connectivity index (χ4n) is 4.21. The van der Waals surface area contributed by atoms with Crippen molar-refractivity contribution in [3.05, 3.63) is 65.7 Å². The average molecular weight is 475 g/mol. The predicted octanol–water partition coefficient (Wildman–Crippen LogP) is 5.27. The lowest BCUT2D eigenvalue weighted by Crippen LogP contribution is -2.17. The predicted molar refractivity (Wildman–Crippen MR) is 133 cm³/mol. The topological polar surface area (TPSA) is 95.4 Å². The van der Waals surface area contributed by atoms with Crippen LogP contribution in [0.1, 0.15) is 24.5 Å². The first kappa shape index (κ1) is 23.8. The van der Waals surface area contributed by atoms with Crippen LogP contribution in [-0.2, 0) is 11.2 Å². The number of benzene rings is 3. The molecule has 8 heteroatoms. The molecule has 8 nitrogen and oxygen atoms in total. The number of rotatable bonds is 5. The molecular formula is C27H26N2O6. The Morgan fingerprint density at radius 2 is 1.60 bits per heavy atom. The van der Waals surface area contributed by atoms with Gasteiger partial charge in [-0.05, 0) is 54.3 Å². The van der Waals surface area contributed by atoms with Gasteiger partial charge in [0.25, 0.3) is 0 Å². The SMILES string of the molecule is COc1cc2c(c(OC)c1OC)-c1ccc(NC(=O)Oc3ccccc3)cc1C(=NC(C)=O)CC2. The van der Waals surface area contributed by atoms with Gasteiger partial charge in [0.2, 0.25) is 11.7 Å². The molecule has 0 radical (unpaired) electrons. The molecule has 35 heavy (non-hydrogen) atoms. The maximum Gasteiger partial charge on any atom is 0.417 e. The molecule has 3 aromatic rings. The summed E-state index contributed by atoms with van der Waals surface area (Å²) in [6, 6.07) is 16.1. The number of hydrogen-bond acceptors (Lipinski definition) is 6. The first-order valence-electron chi connectivity index (χ1n) is 11.0. The van der Waals surface area contributed by atoms with Gasteiger partial charge in [0.15, 0.2) is 11.5 Å². The fraction of sp³-hybridized carbons (Fsp3) is 0.222. The van der Waals surface area contributed by atoms with Gasteiger partial charge in [0.1, 0.15) is 5.75 Å². The Hall–Kier alpha value is -4.33. The molecule has 3 aromatic carbocycles. The molecule has 180 valence electrons. The fourth-order valence-corrected chi connectivity index (χ4v) is 4.21. The number of aryl methyl sites for hydroxylation is 1. The van der Waals surface area contributed by atoms with Crippen LogP contribution >= 0.6 is 0 Å². The number of ether oxygens (including phenoxy) is 4. The highest BCUT2D eigenvalue weighted by Crippen LogP contribution is 2.49. The summed E-state index contributed by atoms with van der Waals surface area (Å²) >= 11 is 0. The molecule has 1 N–H and O–H groups in total. The zero-order valence-electron chi connectivity index (χ0n) is 20.0. The van der Waals surface area contributed by atoms with Crippen molar-refractivity contribution in [3.63, 3.8) is 0 Å². The number of carbonyl (C=O) groups is 2. The van der Waals surface area contributed by atoms with E-state index < -0.39 is 6.09 Å². The highest BCUT2D eigenvalue weighted by molar-refractivity contribution is 6.12. The van der Waals surface area contributed by atoms with E-state index in [0.717, 1.165) is 16.7 Å². The molecule has 0 saturated carbocycles. The lowest BCUT2D eigenvalue weighted by atomic mass is 9.94. The molecule has 0 atom stereocenters. The lowest BCUT2D eigenvalue weighted by Gasteiger charge is -2.20. The Bertz CT molecular complexity index is 1300. The van der Waals surface area contributed by atoms with Crippen LogP contribution < -0.4 is 24.3 Å². The maximum atomic E-state index is 12.5. The zero-order chi connectivity index (χ0) is 24.9. The number of anilines is 1. The molecule has 1 aliphatic rings. The number of nitrogens with zero attached hydrogens (tertiary/aromatic N) is 1. The van der Waals surface area contributed by atoms with E-state index in [2.05, 4.69) is 10.3 Å². The summed E-state index contributed by atoms with van der Waals surface area (Å²) in [5.41, 5.74) is 4.43. The average Bonchev–Trinajstić information content (AvgIpc) is 2.99. The van der Waals surface area contributed by atoms with Crippen LogP contribution in [0.15, 0.2) is 59.6 Å². The summed E-state index contributed by atoms with van der Waals surface area (Å²) in [5.74, 6) is 1.68. The number of carbonyl (C=O) groups excluding carboxylic acids is 2. The summed E-state index contributed by atoms with van der Waals surface area (Å²) in [5, 5.41) is 2.75. The first-order chi connectivity index (χ1) is 16.9.